The molecular formula is C41H83NO5. The SMILES string of the molecule is CCCCCCCCCCCCCCCCCCCCCCCCCCCC(O)C(=O)NC(CO)C(O)C(O)CCCCCCCC. The van der Waals surface area contributed by atoms with Crippen molar-refractivity contribution in [2.75, 3.05) is 6.61 Å². The van der Waals surface area contributed by atoms with Gasteiger partial charge in [-0.25, -0.2) is 0 Å². The van der Waals surface area contributed by atoms with Crippen LogP contribution in [0.1, 0.15) is 226 Å². The molecule has 47 heavy (non-hydrogen) atoms. The molecule has 4 atom stereocenters. The summed E-state index contributed by atoms with van der Waals surface area (Å²) in [6.07, 6.45) is 37.5. The normalized spacial score (nSPS) is 14.3. The molecule has 5 N–H and O–H groups in total. The summed E-state index contributed by atoms with van der Waals surface area (Å²) in [6.45, 7) is 3.98. The highest BCUT2D eigenvalue weighted by Crippen LogP contribution is 2.17. The second kappa shape index (κ2) is 36.6. The Morgan fingerprint density at radius 2 is 0.723 bits per heavy atom. The number of carbonyl (C=O) groups excluding carboxylic acids is 1. The molecule has 0 aromatic carbocycles. The average Bonchev–Trinajstić information content (AvgIpc) is 3.08. The molecule has 0 aliphatic carbocycles. The summed E-state index contributed by atoms with van der Waals surface area (Å²) in [5.74, 6) is -0.584. The zero-order valence-corrected chi connectivity index (χ0v) is 31.5. The molecule has 0 saturated heterocycles. The van der Waals surface area contributed by atoms with Crippen molar-refractivity contribution in [3.63, 3.8) is 0 Å². The van der Waals surface area contributed by atoms with Crippen molar-refractivity contribution in [2.24, 2.45) is 0 Å². The van der Waals surface area contributed by atoms with E-state index in [1.54, 1.807) is 0 Å². The Hall–Kier alpha value is -0.690. The monoisotopic (exact) mass is 670 g/mol. The van der Waals surface area contributed by atoms with Gasteiger partial charge in [-0.05, 0) is 12.8 Å². The number of amides is 1. The van der Waals surface area contributed by atoms with Crippen molar-refractivity contribution in [3.05, 3.63) is 0 Å². The van der Waals surface area contributed by atoms with E-state index in [1.165, 1.54) is 161 Å². The minimum atomic E-state index is -1.25. The van der Waals surface area contributed by atoms with Crippen LogP contribution in [0.3, 0.4) is 0 Å². The van der Waals surface area contributed by atoms with E-state index in [0.717, 1.165) is 38.5 Å². The molecule has 0 radical (unpaired) electrons. The first-order valence-electron chi connectivity index (χ1n) is 20.9. The van der Waals surface area contributed by atoms with Crippen molar-refractivity contribution >= 4 is 5.91 Å². The van der Waals surface area contributed by atoms with E-state index >= 15 is 0 Å². The molecule has 0 aromatic rings. The Kier molecular flexibility index (Phi) is 36.0. The van der Waals surface area contributed by atoms with Crippen LogP contribution in [0.15, 0.2) is 0 Å². The lowest BCUT2D eigenvalue weighted by atomic mass is 9.99. The molecule has 0 aliphatic rings. The van der Waals surface area contributed by atoms with Crippen molar-refractivity contribution in [3.8, 4) is 0 Å². The maximum Gasteiger partial charge on any atom is 0.249 e. The van der Waals surface area contributed by atoms with Crippen LogP contribution in [0.25, 0.3) is 0 Å². The number of carbonyl (C=O) groups is 1. The van der Waals surface area contributed by atoms with E-state index in [9.17, 15) is 25.2 Å². The van der Waals surface area contributed by atoms with Gasteiger partial charge in [-0.1, -0.05) is 213 Å². The topological polar surface area (TPSA) is 110 Å². The molecule has 0 saturated carbocycles. The Morgan fingerprint density at radius 1 is 0.447 bits per heavy atom. The second-order valence-electron chi connectivity index (χ2n) is 14.7. The van der Waals surface area contributed by atoms with Gasteiger partial charge in [0.15, 0.2) is 0 Å². The van der Waals surface area contributed by atoms with Gasteiger partial charge < -0.3 is 25.7 Å². The number of rotatable bonds is 38. The van der Waals surface area contributed by atoms with Crippen molar-refractivity contribution in [1.82, 2.24) is 5.32 Å². The van der Waals surface area contributed by atoms with Gasteiger partial charge in [-0.3, -0.25) is 4.79 Å². The fourth-order valence-corrected chi connectivity index (χ4v) is 6.70. The second-order valence-corrected chi connectivity index (χ2v) is 14.7. The highest BCUT2D eigenvalue weighted by Gasteiger charge is 2.28. The highest BCUT2D eigenvalue weighted by molar-refractivity contribution is 5.80. The van der Waals surface area contributed by atoms with Gasteiger partial charge in [0.2, 0.25) is 5.91 Å². The summed E-state index contributed by atoms with van der Waals surface area (Å²) in [5.41, 5.74) is 0. The Morgan fingerprint density at radius 3 is 1.02 bits per heavy atom. The molecule has 6 heteroatoms. The largest absolute Gasteiger partial charge is 0.394 e. The van der Waals surface area contributed by atoms with Gasteiger partial charge in [-0.15, -0.1) is 0 Å². The molecule has 6 nitrogen and oxygen atoms in total. The van der Waals surface area contributed by atoms with Crippen LogP contribution in [-0.2, 0) is 4.79 Å². The predicted octanol–water partition coefficient (Wildman–Crippen LogP) is 10.5. The van der Waals surface area contributed by atoms with Gasteiger partial charge in [0.05, 0.1) is 18.8 Å². The van der Waals surface area contributed by atoms with Crippen LogP contribution in [0.4, 0.5) is 0 Å². The first-order chi connectivity index (χ1) is 23.0. The van der Waals surface area contributed by atoms with Crippen LogP contribution < -0.4 is 5.32 Å². The number of aliphatic hydroxyl groups is 4. The molecule has 0 aliphatic heterocycles. The van der Waals surface area contributed by atoms with E-state index in [-0.39, 0.29) is 0 Å². The summed E-state index contributed by atoms with van der Waals surface area (Å²) in [5, 5.41) is 43.2. The summed E-state index contributed by atoms with van der Waals surface area (Å²) in [4.78, 5) is 12.4. The number of nitrogens with one attached hydrogen (secondary N) is 1. The molecule has 282 valence electrons. The summed E-state index contributed by atoms with van der Waals surface area (Å²) in [6, 6.07) is -0.976. The summed E-state index contributed by atoms with van der Waals surface area (Å²) < 4.78 is 0. The first kappa shape index (κ1) is 46.3. The summed E-state index contributed by atoms with van der Waals surface area (Å²) >= 11 is 0. The molecule has 0 fully saturated rings. The van der Waals surface area contributed by atoms with Crippen molar-refractivity contribution in [2.45, 2.75) is 250 Å². The smallest absolute Gasteiger partial charge is 0.249 e. The van der Waals surface area contributed by atoms with Crippen LogP contribution in [0, 0.1) is 0 Å². The molecule has 0 aromatic heterocycles. The Labute approximate surface area is 292 Å². The zero-order valence-electron chi connectivity index (χ0n) is 31.5. The van der Waals surface area contributed by atoms with E-state index < -0.39 is 36.9 Å². The standard InChI is InChI=1S/C41H83NO5/c1-3-5-7-9-11-12-13-14-15-16-17-18-19-20-21-22-23-24-25-26-27-28-29-31-33-35-39(45)41(47)42-37(36-43)40(46)38(44)34-32-30-10-8-6-4-2/h37-40,43-46H,3-36H2,1-2H3,(H,42,47). The van der Waals surface area contributed by atoms with Crippen LogP contribution in [0.2, 0.25) is 0 Å². The molecule has 0 bridgehead atoms. The van der Waals surface area contributed by atoms with Crippen LogP contribution in [0.5, 0.6) is 0 Å². The van der Waals surface area contributed by atoms with E-state index in [1.807, 2.05) is 0 Å². The third-order valence-electron chi connectivity index (χ3n) is 10.1. The zero-order chi connectivity index (χ0) is 34.6. The van der Waals surface area contributed by atoms with Crippen LogP contribution >= 0.6 is 0 Å². The fourth-order valence-electron chi connectivity index (χ4n) is 6.70. The van der Waals surface area contributed by atoms with Crippen molar-refractivity contribution < 1.29 is 25.2 Å². The quantitative estimate of drug-likeness (QED) is 0.0420. The summed E-state index contributed by atoms with van der Waals surface area (Å²) in [7, 11) is 0. The number of hydrogen-bond donors (Lipinski definition) is 5. The van der Waals surface area contributed by atoms with Crippen LogP contribution in [-0.4, -0.2) is 57.3 Å². The third kappa shape index (κ3) is 31.1. The third-order valence-corrected chi connectivity index (χ3v) is 10.1. The highest BCUT2D eigenvalue weighted by atomic mass is 16.3. The average molecular weight is 670 g/mol. The maximum absolute atomic E-state index is 12.4. The minimum absolute atomic E-state index is 0.375. The van der Waals surface area contributed by atoms with Gasteiger partial charge in [0.1, 0.15) is 12.2 Å². The Bertz CT molecular complexity index is 633. The fraction of sp³-hybridized carbons (Fsp3) is 0.976. The number of hydrogen-bond acceptors (Lipinski definition) is 5. The van der Waals surface area contributed by atoms with Gasteiger partial charge in [0.25, 0.3) is 0 Å². The Balaban J connectivity index is 3.54. The molecule has 1 amide bonds. The van der Waals surface area contributed by atoms with E-state index in [0.29, 0.717) is 12.8 Å². The molecule has 0 heterocycles. The van der Waals surface area contributed by atoms with E-state index in [2.05, 4.69) is 19.2 Å². The van der Waals surface area contributed by atoms with E-state index in [4.69, 9.17) is 0 Å². The number of aliphatic hydroxyl groups excluding tert-OH is 4. The van der Waals surface area contributed by atoms with Crippen molar-refractivity contribution in [1.29, 1.82) is 0 Å². The lowest BCUT2D eigenvalue weighted by Gasteiger charge is -2.27. The molecule has 4 unspecified atom stereocenters. The minimum Gasteiger partial charge on any atom is -0.394 e. The first-order valence-corrected chi connectivity index (χ1v) is 20.9. The predicted molar refractivity (Wildman–Crippen MR) is 201 cm³/mol. The van der Waals surface area contributed by atoms with Gasteiger partial charge in [0, 0.05) is 0 Å². The lowest BCUT2D eigenvalue weighted by molar-refractivity contribution is -0.132. The maximum atomic E-state index is 12.4. The molecular weight excluding hydrogens is 586 g/mol. The lowest BCUT2D eigenvalue weighted by Crippen LogP contribution is -2.53. The number of unbranched alkanes of at least 4 members (excludes halogenated alkanes) is 29. The van der Waals surface area contributed by atoms with Gasteiger partial charge in [-0.2, -0.15) is 0 Å². The van der Waals surface area contributed by atoms with Gasteiger partial charge >= 0.3 is 0 Å². The molecule has 0 spiro atoms. The molecule has 0 rings (SSSR count).